The Morgan fingerprint density at radius 2 is 2.05 bits per heavy atom. The molecule has 0 radical (unpaired) electrons. The molecule has 232 valence electrons. The summed E-state index contributed by atoms with van der Waals surface area (Å²) in [6.45, 7) is 4.60. The van der Waals surface area contributed by atoms with Crippen molar-refractivity contribution in [3.8, 4) is 17.2 Å². The maximum absolute atomic E-state index is 14.0. The third kappa shape index (κ3) is 6.57. The molecule has 3 unspecified atom stereocenters. The first-order chi connectivity index (χ1) is 20.8. The predicted octanol–water partition coefficient (Wildman–Crippen LogP) is 3.20. The van der Waals surface area contributed by atoms with E-state index in [4.69, 9.17) is 19.9 Å². The van der Waals surface area contributed by atoms with Crippen LogP contribution in [0.25, 0.3) is 0 Å². The number of carboxylic acids is 1. The van der Waals surface area contributed by atoms with Crippen molar-refractivity contribution in [3.05, 3.63) is 47.5 Å². The van der Waals surface area contributed by atoms with E-state index in [1.54, 1.807) is 4.90 Å². The molecule has 0 saturated carbocycles. The molecule has 2 aromatic carbocycles. The molecule has 0 aromatic heterocycles. The molecule has 11 heteroatoms. The number of hydrogen-bond donors (Lipinski definition) is 2. The second-order valence-electron chi connectivity index (χ2n) is 11.5. The first kappa shape index (κ1) is 30.6. The molecule has 0 aliphatic carbocycles. The van der Waals surface area contributed by atoms with Crippen LogP contribution in [0.1, 0.15) is 56.1 Å². The van der Waals surface area contributed by atoms with Crippen LogP contribution in [0.5, 0.6) is 17.2 Å². The van der Waals surface area contributed by atoms with Crippen molar-refractivity contribution in [1.82, 2.24) is 9.80 Å². The van der Waals surface area contributed by atoms with Gasteiger partial charge in [-0.25, -0.2) is 0 Å². The van der Waals surface area contributed by atoms with Crippen LogP contribution in [0, 0.1) is 5.92 Å². The summed E-state index contributed by atoms with van der Waals surface area (Å²) in [5.74, 6) is -0.691. The number of nitrogens with zero attached hydrogens (tertiary/aromatic N) is 3. The molecule has 2 aromatic rings. The Hall–Kier alpha value is -3.83. The van der Waals surface area contributed by atoms with Crippen LogP contribution < -0.4 is 24.8 Å². The minimum Gasteiger partial charge on any atom is -0.493 e. The van der Waals surface area contributed by atoms with Gasteiger partial charge in [0.2, 0.25) is 24.4 Å². The molecule has 0 spiro atoms. The Morgan fingerprint density at radius 3 is 2.74 bits per heavy atom. The summed E-state index contributed by atoms with van der Waals surface area (Å²) in [7, 11) is 1.54. The Balaban J connectivity index is 1.46. The van der Waals surface area contributed by atoms with Crippen LogP contribution in [0.3, 0.4) is 0 Å². The van der Waals surface area contributed by atoms with Gasteiger partial charge in [0.1, 0.15) is 0 Å². The number of methoxy groups -OCH3 is 1. The topological polar surface area (TPSA) is 135 Å². The lowest BCUT2D eigenvalue weighted by atomic mass is 9.84. The van der Waals surface area contributed by atoms with Crippen LogP contribution in [0.2, 0.25) is 0 Å². The summed E-state index contributed by atoms with van der Waals surface area (Å²) in [6.07, 6.45) is 3.53. The number of fused-ring (bicyclic) bond motifs is 1. The number of nitrogens with two attached hydrogens (primary N) is 1. The molecule has 2 saturated heterocycles. The standard InChI is InChI=1S/C32H42N4O7/c1-3-4-12-36(23-8-5-7-21(14-23)17-33)29(38)19-35-18-24(22-15-26(41-2)31-27(16-22)42-20-43-31)30(32(39)40)25(35)10-13-34-11-6-9-28(34)37/h5,7-8,14-16,24-25,30H,3-4,6,9-13,17-20,33H2,1-2H3,(H,39,40). The SMILES string of the molecule is CCCCN(C(=O)CN1CC(c2cc(OC)c3c(c2)OCO3)C(C(=O)O)C1CCN1CCCC1=O)c1cccc(CN)c1. The van der Waals surface area contributed by atoms with Crippen molar-refractivity contribution in [3.63, 3.8) is 0 Å². The van der Waals surface area contributed by atoms with Gasteiger partial charge in [0.15, 0.2) is 11.5 Å². The molecular formula is C32H42N4O7. The highest BCUT2D eigenvalue weighted by molar-refractivity contribution is 5.95. The number of likely N-dealkylation sites (tertiary alicyclic amines) is 2. The molecule has 3 aliphatic heterocycles. The van der Waals surface area contributed by atoms with E-state index in [0.717, 1.165) is 36.1 Å². The number of anilines is 1. The smallest absolute Gasteiger partial charge is 0.308 e. The maximum atomic E-state index is 14.0. The summed E-state index contributed by atoms with van der Waals surface area (Å²) in [5.41, 5.74) is 8.36. The van der Waals surface area contributed by atoms with E-state index >= 15 is 0 Å². The Bertz CT molecular complexity index is 1330. The van der Waals surface area contributed by atoms with Crippen molar-refractivity contribution in [2.75, 3.05) is 51.5 Å². The summed E-state index contributed by atoms with van der Waals surface area (Å²) >= 11 is 0. The van der Waals surface area contributed by atoms with Gasteiger partial charge in [-0.15, -0.1) is 0 Å². The van der Waals surface area contributed by atoms with E-state index in [9.17, 15) is 19.5 Å². The number of rotatable bonds is 13. The second-order valence-corrected chi connectivity index (χ2v) is 11.5. The highest BCUT2D eigenvalue weighted by Crippen LogP contribution is 2.47. The van der Waals surface area contributed by atoms with Crippen LogP contribution in [0.4, 0.5) is 5.69 Å². The molecule has 3 aliphatic rings. The van der Waals surface area contributed by atoms with Gasteiger partial charge in [0, 0.05) is 56.8 Å². The fourth-order valence-corrected chi connectivity index (χ4v) is 6.61. The zero-order valence-corrected chi connectivity index (χ0v) is 25.0. The number of carbonyl (C=O) groups is 3. The number of hydrogen-bond acceptors (Lipinski definition) is 8. The molecule has 3 N–H and O–H groups in total. The Morgan fingerprint density at radius 1 is 1.21 bits per heavy atom. The van der Waals surface area contributed by atoms with Gasteiger partial charge < -0.3 is 34.9 Å². The average Bonchev–Trinajstić information content (AvgIpc) is 3.74. The molecule has 43 heavy (non-hydrogen) atoms. The van der Waals surface area contributed by atoms with Crippen LogP contribution in [0.15, 0.2) is 36.4 Å². The Kier molecular flexibility index (Phi) is 9.72. The normalized spacial score (nSPS) is 21.4. The number of unbranched alkanes of at least 4 members (excludes halogenated alkanes) is 1. The van der Waals surface area contributed by atoms with E-state index in [1.807, 2.05) is 46.2 Å². The van der Waals surface area contributed by atoms with E-state index in [1.165, 1.54) is 7.11 Å². The minimum atomic E-state index is -0.937. The number of amides is 2. The van der Waals surface area contributed by atoms with Crippen molar-refractivity contribution in [2.45, 2.75) is 57.5 Å². The molecule has 0 bridgehead atoms. The molecule has 11 nitrogen and oxygen atoms in total. The lowest BCUT2D eigenvalue weighted by molar-refractivity contribution is -0.143. The third-order valence-electron chi connectivity index (χ3n) is 8.84. The van der Waals surface area contributed by atoms with E-state index in [-0.39, 0.29) is 25.2 Å². The minimum absolute atomic E-state index is 0.0527. The lowest BCUT2D eigenvalue weighted by Crippen LogP contribution is -2.45. The molecule has 2 amide bonds. The van der Waals surface area contributed by atoms with E-state index < -0.39 is 23.8 Å². The molecule has 3 heterocycles. The molecular weight excluding hydrogens is 552 g/mol. The van der Waals surface area contributed by atoms with Crippen molar-refractivity contribution in [2.24, 2.45) is 11.7 Å². The molecule has 3 atom stereocenters. The Labute approximate surface area is 252 Å². The first-order valence-electron chi connectivity index (χ1n) is 15.2. The number of benzene rings is 2. The summed E-state index contributed by atoms with van der Waals surface area (Å²) in [5, 5.41) is 10.6. The van der Waals surface area contributed by atoms with Gasteiger partial charge in [-0.1, -0.05) is 25.5 Å². The maximum Gasteiger partial charge on any atom is 0.308 e. The van der Waals surface area contributed by atoms with Gasteiger partial charge in [-0.2, -0.15) is 0 Å². The quantitative estimate of drug-likeness (QED) is 0.358. The summed E-state index contributed by atoms with van der Waals surface area (Å²) in [6, 6.07) is 10.9. The molecule has 2 fully saturated rings. The van der Waals surface area contributed by atoms with Crippen LogP contribution in [-0.4, -0.2) is 85.4 Å². The van der Waals surface area contributed by atoms with Gasteiger partial charge in [-0.05, 0) is 54.7 Å². The molecule has 5 rings (SSSR count). The van der Waals surface area contributed by atoms with Gasteiger partial charge in [0.25, 0.3) is 0 Å². The van der Waals surface area contributed by atoms with Crippen molar-refractivity contribution in [1.29, 1.82) is 0 Å². The van der Waals surface area contributed by atoms with Crippen molar-refractivity contribution >= 4 is 23.5 Å². The van der Waals surface area contributed by atoms with Gasteiger partial charge in [-0.3, -0.25) is 19.3 Å². The monoisotopic (exact) mass is 594 g/mol. The number of aliphatic carboxylic acids is 1. The zero-order valence-electron chi connectivity index (χ0n) is 25.0. The summed E-state index contributed by atoms with van der Waals surface area (Å²) in [4.78, 5) is 45.0. The van der Waals surface area contributed by atoms with E-state index in [0.29, 0.717) is 62.8 Å². The number of ether oxygens (including phenoxy) is 3. The van der Waals surface area contributed by atoms with E-state index in [2.05, 4.69) is 6.92 Å². The van der Waals surface area contributed by atoms with Crippen LogP contribution in [-0.2, 0) is 20.9 Å². The largest absolute Gasteiger partial charge is 0.493 e. The summed E-state index contributed by atoms with van der Waals surface area (Å²) < 4.78 is 16.8. The average molecular weight is 595 g/mol. The van der Waals surface area contributed by atoms with Crippen molar-refractivity contribution < 1.29 is 33.7 Å². The van der Waals surface area contributed by atoms with Gasteiger partial charge >= 0.3 is 5.97 Å². The fourth-order valence-electron chi connectivity index (χ4n) is 6.61. The zero-order chi connectivity index (χ0) is 30.5. The highest BCUT2D eigenvalue weighted by atomic mass is 16.7. The van der Waals surface area contributed by atoms with Gasteiger partial charge in [0.05, 0.1) is 19.6 Å². The second kappa shape index (κ2) is 13.6. The third-order valence-corrected chi connectivity index (χ3v) is 8.84. The number of carbonyl (C=O) groups excluding carboxylic acids is 2. The first-order valence-corrected chi connectivity index (χ1v) is 15.2. The van der Waals surface area contributed by atoms with Crippen LogP contribution >= 0.6 is 0 Å². The fraction of sp³-hybridized carbons (Fsp3) is 0.531. The number of carboxylic acid groups (broad SMARTS) is 1. The highest BCUT2D eigenvalue weighted by Gasteiger charge is 2.48. The predicted molar refractivity (Wildman–Crippen MR) is 160 cm³/mol. The lowest BCUT2D eigenvalue weighted by Gasteiger charge is -2.31.